The molecule has 0 aliphatic carbocycles. The van der Waals surface area contributed by atoms with Gasteiger partial charge in [-0.25, -0.2) is 0 Å². The highest BCUT2D eigenvalue weighted by atomic mass is 16.5. The zero-order chi connectivity index (χ0) is 13.0. The molecule has 1 heterocycles. The smallest absolute Gasteiger partial charge is 0.323 e. The van der Waals surface area contributed by atoms with Gasteiger partial charge in [0.1, 0.15) is 6.04 Å². The van der Waals surface area contributed by atoms with Crippen molar-refractivity contribution in [2.45, 2.75) is 44.9 Å². The summed E-state index contributed by atoms with van der Waals surface area (Å²) in [6, 6.07) is -0.0773. The van der Waals surface area contributed by atoms with Crippen LogP contribution in [-0.2, 0) is 9.53 Å². The number of ether oxygens (including phenoxy) is 1. The minimum absolute atomic E-state index is 0.231. The van der Waals surface area contributed by atoms with Crippen LogP contribution in [0.15, 0.2) is 12.7 Å². The monoisotopic (exact) mass is 241 g/mol. The predicted molar refractivity (Wildman–Crippen MR) is 66.6 cm³/mol. The van der Waals surface area contributed by atoms with Crippen LogP contribution in [0.3, 0.4) is 0 Å². The third-order valence-electron chi connectivity index (χ3n) is 3.68. The van der Waals surface area contributed by atoms with Gasteiger partial charge in [0.05, 0.1) is 13.2 Å². The summed E-state index contributed by atoms with van der Waals surface area (Å²) in [6.07, 6.45) is 2.83. The highest BCUT2D eigenvalue weighted by molar-refractivity contribution is 5.76. The van der Waals surface area contributed by atoms with E-state index in [2.05, 4.69) is 20.4 Å². The van der Waals surface area contributed by atoms with Crippen molar-refractivity contribution in [2.75, 3.05) is 13.7 Å². The molecule has 0 aromatic rings. The molecule has 1 aliphatic rings. The van der Waals surface area contributed by atoms with Gasteiger partial charge in [-0.1, -0.05) is 13.0 Å². The maximum atomic E-state index is 11.7. The normalized spacial score (nSPS) is 28.7. The summed E-state index contributed by atoms with van der Waals surface area (Å²) < 4.78 is 4.79. The Bertz CT molecular complexity index is 280. The summed E-state index contributed by atoms with van der Waals surface area (Å²) in [6.45, 7) is 8.50. The van der Waals surface area contributed by atoms with E-state index in [1.54, 1.807) is 0 Å². The molecular weight excluding hydrogens is 218 g/mol. The quantitative estimate of drug-likeness (QED) is 0.580. The largest absolute Gasteiger partial charge is 0.468 e. The number of carbonyl (C=O) groups excluding carboxylic acids is 1. The Hall–Kier alpha value is -0.870. The van der Waals surface area contributed by atoms with Gasteiger partial charge in [0.2, 0.25) is 0 Å². The third kappa shape index (κ3) is 3.30. The molecule has 4 nitrogen and oxygen atoms in total. The first-order valence-corrected chi connectivity index (χ1v) is 6.13. The standard InChI is InChI=1S/C13H23NO3/c1-5-6-9(2)10(3)14-8-11(15)7-12(14)13(16)17-4/h5,9-12,15H,1,6-8H2,2-4H3/t9-,10+,11-,12-/m0/s1. The van der Waals surface area contributed by atoms with E-state index >= 15 is 0 Å². The van der Waals surface area contributed by atoms with Crippen molar-refractivity contribution >= 4 is 5.97 Å². The molecular formula is C13H23NO3. The second-order valence-electron chi connectivity index (χ2n) is 4.87. The summed E-state index contributed by atoms with van der Waals surface area (Å²) >= 11 is 0. The summed E-state index contributed by atoms with van der Waals surface area (Å²) in [5, 5.41) is 9.71. The molecule has 0 saturated carbocycles. The number of allylic oxidation sites excluding steroid dienone is 1. The van der Waals surface area contributed by atoms with Crippen LogP contribution in [0.2, 0.25) is 0 Å². The molecule has 0 spiro atoms. The molecule has 98 valence electrons. The number of methoxy groups -OCH3 is 1. The van der Waals surface area contributed by atoms with Crippen LogP contribution in [0, 0.1) is 5.92 Å². The zero-order valence-corrected chi connectivity index (χ0v) is 10.9. The van der Waals surface area contributed by atoms with Crippen molar-refractivity contribution in [3.05, 3.63) is 12.7 Å². The van der Waals surface area contributed by atoms with Crippen molar-refractivity contribution < 1.29 is 14.6 Å². The second kappa shape index (κ2) is 6.17. The molecule has 17 heavy (non-hydrogen) atoms. The minimum Gasteiger partial charge on any atom is -0.468 e. The number of nitrogens with zero attached hydrogens (tertiary/aromatic N) is 1. The van der Waals surface area contributed by atoms with Crippen molar-refractivity contribution in [2.24, 2.45) is 5.92 Å². The van der Waals surface area contributed by atoms with Crippen molar-refractivity contribution in [3.63, 3.8) is 0 Å². The maximum Gasteiger partial charge on any atom is 0.323 e. The Kier molecular flexibility index (Phi) is 5.15. The minimum atomic E-state index is -0.433. The predicted octanol–water partition coefficient (Wildman–Crippen LogP) is 1.20. The molecule has 0 unspecified atom stereocenters. The first kappa shape index (κ1) is 14.2. The lowest BCUT2D eigenvalue weighted by Crippen LogP contribution is -2.45. The lowest BCUT2D eigenvalue weighted by atomic mass is 9.98. The van der Waals surface area contributed by atoms with Gasteiger partial charge in [-0.05, 0) is 19.3 Å². The van der Waals surface area contributed by atoms with Crippen LogP contribution in [0.5, 0.6) is 0 Å². The first-order chi connectivity index (χ1) is 8.01. The van der Waals surface area contributed by atoms with Gasteiger partial charge in [-0.3, -0.25) is 9.69 Å². The van der Waals surface area contributed by atoms with Crippen LogP contribution in [0.1, 0.15) is 26.7 Å². The van der Waals surface area contributed by atoms with Gasteiger partial charge in [0.15, 0.2) is 0 Å². The molecule has 4 heteroatoms. The number of likely N-dealkylation sites (tertiary alicyclic amines) is 1. The van der Waals surface area contributed by atoms with E-state index in [9.17, 15) is 9.90 Å². The van der Waals surface area contributed by atoms with Crippen LogP contribution >= 0.6 is 0 Å². The molecule has 1 fully saturated rings. The van der Waals surface area contributed by atoms with Gasteiger partial charge in [-0.2, -0.15) is 0 Å². The summed E-state index contributed by atoms with van der Waals surface area (Å²) in [4.78, 5) is 13.7. The Labute approximate surface area is 103 Å². The van der Waals surface area contributed by atoms with E-state index in [1.807, 2.05) is 11.0 Å². The van der Waals surface area contributed by atoms with E-state index in [4.69, 9.17) is 4.74 Å². The van der Waals surface area contributed by atoms with Gasteiger partial charge >= 0.3 is 5.97 Å². The van der Waals surface area contributed by atoms with E-state index < -0.39 is 6.10 Å². The summed E-state index contributed by atoms with van der Waals surface area (Å²) in [5.41, 5.74) is 0. The number of rotatable bonds is 5. The van der Waals surface area contributed by atoms with Crippen LogP contribution in [0.4, 0.5) is 0 Å². The van der Waals surface area contributed by atoms with Gasteiger partial charge in [0.25, 0.3) is 0 Å². The molecule has 4 atom stereocenters. The topological polar surface area (TPSA) is 49.8 Å². The maximum absolute atomic E-state index is 11.7. The fraction of sp³-hybridized carbons (Fsp3) is 0.769. The zero-order valence-electron chi connectivity index (χ0n) is 10.9. The Morgan fingerprint density at radius 1 is 1.65 bits per heavy atom. The molecule has 0 amide bonds. The van der Waals surface area contributed by atoms with Crippen molar-refractivity contribution in [1.29, 1.82) is 0 Å². The number of carbonyl (C=O) groups is 1. The lowest BCUT2D eigenvalue weighted by Gasteiger charge is -2.32. The van der Waals surface area contributed by atoms with E-state index in [0.717, 1.165) is 6.42 Å². The van der Waals surface area contributed by atoms with E-state index in [-0.39, 0.29) is 18.1 Å². The molecule has 0 aromatic heterocycles. The Morgan fingerprint density at radius 3 is 2.82 bits per heavy atom. The molecule has 1 N–H and O–H groups in total. The SMILES string of the molecule is C=CC[C@H](C)[C@@H](C)N1C[C@@H](O)C[C@H]1C(=O)OC. The second-order valence-corrected chi connectivity index (χ2v) is 4.87. The number of esters is 1. The molecule has 0 aromatic carbocycles. The molecule has 0 radical (unpaired) electrons. The number of hydrogen-bond donors (Lipinski definition) is 1. The first-order valence-electron chi connectivity index (χ1n) is 6.13. The fourth-order valence-electron chi connectivity index (χ4n) is 2.44. The van der Waals surface area contributed by atoms with Gasteiger partial charge in [0, 0.05) is 19.0 Å². The van der Waals surface area contributed by atoms with Gasteiger partial charge < -0.3 is 9.84 Å². The lowest BCUT2D eigenvalue weighted by molar-refractivity contribution is -0.146. The highest BCUT2D eigenvalue weighted by Crippen LogP contribution is 2.26. The van der Waals surface area contributed by atoms with Crippen molar-refractivity contribution in [1.82, 2.24) is 4.90 Å². The van der Waals surface area contributed by atoms with Crippen LogP contribution in [-0.4, -0.2) is 47.8 Å². The van der Waals surface area contributed by atoms with Crippen LogP contribution < -0.4 is 0 Å². The molecule has 1 saturated heterocycles. The summed E-state index contributed by atoms with van der Waals surface area (Å²) in [5.74, 6) is 0.157. The number of β-amino-alcohol motifs (C(OH)–C–C–N with tert-alkyl or cyclic N) is 1. The average Bonchev–Trinajstić information content (AvgIpc) is 2.69. The average molecular weight is 241 g/mol. The Morgan fingerprint density at radius 2 is 2.29 bits per heavy atom. The fourth-order valence-corrected chi connectivity index (χ4v) is 2.44. The van der Waals surface area contributed by atoms with E-state index in [1.165, 1.54) is 7.11 Å². The van der Waals surface area contributed by atoms with E-state index in [0.29, 0.717) is 18.9 Å². The highest BCUT2D eigenvalue weighted by Gasteiger charge is 2.40. The molecule has 0 bridgehead atoms. The van der Waals surface area contributed by atoms with Gasteiger partial charge in [-0.15, -0.1) is 6.58 Å². The summed E-state index contributed by atoms with van der Waals surface area (Å²) in [7, 11) is 1.39. The Balaban J connectivity index is 2.72. The number of aliphatic hydroxyl groups excluding tert-OH is 1. The number of hydrogen-bond acceptors (Lipinski definition) is 4. The third-order valence-corrected chi connectivity index (χ3v) is 3.68. The number of aliphatic hydroxyl groups is 1. The van der Waals surface area contributed by atoms with Crippen LogP contribution in [0.25, 0.3) is 0 Å². The molecule has 1 aliphatic heterocycles. The van der Waals surface area contributed by atoms with Crippen molar-refractivity contribution in [3.8, 4) is 0 Å². The molecule has 1 rings (SSSR count).